The quantitative estimate of drug-likeness (QED) is 0.241. The average Bonchev–Trinajstić information content (AvgIpc) is 2.58. The summed E-state index contributed by atoms with van der Waals surface area (Å²) < 4.78 is 0. The molecule has 0 spiro atoms. The van der Waals surface area contributed by atoms with Gasteiger partial charge in [0.2, 0.25) is 0 Å². The monoisotopic (exact) mass is 325 g/mol. The summed E-state index contributed by atoms with van der Waals surface area (Å²) in [5.74, 6) is 0. The van der Waals surface area contributed by atoms with Gasteiger partial charge in [-0.05, 0) is 31.1 Å². The van der Waals surface area contributed by atoms with Crippen molar-refractivity contribution in [3.05, 3.63) is 0 Å². The largest absolute Gasteiger partial charge is 0.233 e. The van der Waals surface area contributed by atoms with Crippen molar-refractivity contribution < 1.29 is 5.11 Å². The lowest BCUT2D eigenvalue weighted by Gasteiger charge is -2.36. The smallest absolute Gasteiger partial charge is 0.0983 e. The van der Waals surface area contributed by atoms with E-state index < -0.39 is 0 Å². The van der Waals surface area contributed by atoms with Gasteiger partial charge in [0.1, 0.15) is 0 Å². The molecule has 0 aromatic heterocycles. The summed E-state index contributed by atoms with van der Waals surface area (Å²) in [6.07, 6.45) is 19.9. The van der Waals surface area contributed by atoms with Crippen LogP contribution in [-0.4, -0.2) is 6.10 Å². The molecule has 1 heteroatoms. The predicted octanol–water partition coefficient (Wildman–Crippen LogP) is 8.09. The molecule has 23 heavy (non-hydrogen) atoms. The second-order valence-corrected chi connectivity index (χ2v) is 7.65. The van der Waals surface area contributed by atoms with Gasteiger partial charge in [-0.15, -0.1) is 0 Å². The van der Waals surface area contributed by atoms with Crippen LogP contribution in [0.2, 0.25) is 0 Å². The van der Waals surface area contributed by atoms with Crippen LogP contribution in [0.25, 0.3) is 0 Å². The Labute approximate surface area is 147 Å². The lowest BCUT2D eigenvalue weighted by atomic mass is 9.70. The summed E-state index contributed by atoms with van der Waals surface area (Å²) in [6.45, 7) is 8.89. The molecule has 0 rings (SSSR count). The molecule has 1 unspecified atom stereocenters. The molecule has 1 radical (unpaired) electrons. The zero-order chi connectivity index (χ0) is 17.4. The van der Waals surface area contributed by atoms with E-state index in [0.29, 0.717) is 0 Å². The van der Waals surface area contributed by atoms with Crippen molar-refractivity contribution in [2.75, 3.05) is 0 Å². The first kappa shape index (κ1) is 23.0. The van der Waals surface area contributed by atoms with Crippen LogP contribution in [-0.2, 0) is 5.11 Å². The molecule has 1 atom stereocenters. The molecule has 0 saturated heterocycles. The van der Waals surface area contributed by atoms with E-state index in [1.54, 1.807) is 0 Å². The van der Waals surface area contributed by atoms with Crippen molar-refractivity contribution in [1.29, 1.82) is 0 Å². The van der Waals surface area contributed by atoms with Crippen molar-refractivity contribution in [1.82, 2.24) is 0 Å². The van der Waals surface area contributed by atoms with Crippen LogP contribution in [0, 0.1) is 5.41 Å². The Kier molecular flexibility index (Phi) is 15.5. The van der Waals surface area contributed by atoms with E-state index in [2.05, 4.69) is 27.7 Å². The third-order valence-corrected chi connectivity index (χ3v) is 5.81. The van der Waals surface area contributed by atoms with Crippen molar-refractivity contribution in [2.45, 2.75) is 137 Å². The first-order chi connectivity index (χ1) is 11.2. The van der Waals surface area contributed by atoms with Crippen LogP contribution >= 0.6 is 0 Å². The molecule has 0 aliphatic rings. The third kappa shape index (κ3) is 10.4. The Bertz CT molecular complexity index is 220. The molecule has 0 saturated carbocycles. The van der Waals surface area contributed by atoms with Crippen LogP contribution in [0.5, 0.6) is 0 Å². The van der Waals surface area contributed by atoms with Crippen molar-refractivity contribution in [2.24, 2.45) is 5.41 Å². The first-order valence-corrected chi connectivity index (χ1v) is 10.8. The van der Waals surface area contributed by atoms with E-state index in [4.69, 9.17) is 0 Å². The molecule has 139 valence electrons. The average molecular weight is 326 g/mol. The number of hydrogen-bond donors (Lipinski definition) is 0. The summed E-state index contributed by atoms with van der Waals surface area (Å²) in [5.41, 5.74) is 0.0876. The maximum Gasteiger partial charge on any atom is 0.0983 e. The maximum atomic E-state index is 12.7. The lowest BCUT2D eigenvalue weighted by Crippen LogP contribution is -2.33. The second-order valence-electron chi connectivity index (χ2n) is 7.65. The number of hydrogen-bond acceptors (Lipinski definition) is 0. The van der Waals surface area contributed by atoms with Gasteiger partial charge in [0.25, 0.3) is 0 Å². The Morgan fingerprint density at radius 1 is 0.609 bits per heavy atom. The topological polar surface area (TPSA) is 19.9 Å². The summed E-state index contributed by atoms with van der Waals surface area (Å²) >= 11 is 0. The highest BCUT2D eigenvalue weighted by atomic mass is 16.3. The zero-order valence-corrected chi connectivity index (χ0v) is 16.8. The molecule has 0 aliphatic carbocycles. The minimum absolute atomic E-state index is 0.0876. The van der Waals surface area contributed by atoms with Crippen molar-refractivity contribution in [3.8, 4) is 0 Å². The molecule has 0 bridgehead atoms. The second kappa shape index (κ2) is 15.5. The summed E-state index contributed by atoms with van der Waals surface area (Å²) in [4.78, 5) is 0. The molecule has 0 heterocycles. The van der Waals surface area contributed by atoms with Crippen LogP contribution < -0.4 is 0 Å². The molecule has 0 aliphatic heterocycles. The molecule has 0 fully saturated rings. The Hall–Kier alpha value is -0.0400. The van der Waals surface area contributed by atoms with E-state index in [1.807, 2.05) is 0 Å². The van der Waals surface area contributed by atoms with E-state index in [-0.39, 0.29) is 11.5 Å². The van der Waals surface area contributed by atoms with Gasteiger partial charge in [0.05, 0.1) is 6.10 Å². The Morgan fingerprint density at radius 3 is 1.35 bits per heavy atom. The van der Waals surface area contributed by atoms with Gasteiger partial charge in [0, 0.05) is 0 Å². The fraction of sp³-hybridized carbons (Fsp3) is 1.00. The van der Waals surface area contributed by atoms with Gasteiger partial charge in [-0.3, -0.25) is 0 Å². The van der Waals surface area contributed by atoms with E-state index in [9.17, 15) is 5.11 Å². The Morgan fingerprint density at radius 2 is 1.00 bits per heavy atom. The minimum Gasteiger partial charge on any atom is -0.233 e. The number of unbranched alkanes of at least 4 members (excludes halogenated alkanes) is 10. The van der Waals surface area contributed by atoms with Crippen LogP contribution in [0.1, 0.15) is 130 Å². The highest BCUT2D eigenvalue weighted by Gasteiger charge is 2.35. The van der Waals surface area contributed by atoms with Crippen molar-refractivity contribution >= 4 is 0 Å². The molecule has 0 N–H and O–H groups in total. The molecular weight excluding hydrogens is 280 g/mol. The minimum atomic E-state index is -0.348. The molecule has 0 amide bonds. The molecular formula is C22H45O. The molecule has 1 nitrogen and oxygen atoms in total. The summed E-state index contributed by atoms with van der Waals surface area (Å²) in [7, 11) is 0. The van der Waals surface area contributed by atoms with Crippen LogP contribution in [0.15, 0.2) is 0 Å². The maximum absolute atomic E-state index is 12.7. The highest BCUT2D eigenvalue weighted by molar-refractivity contribution is 4.84. The Balaban J connectivity index is 4.18. The summed E-state index contributed by atoms with van der Waals surface area (Å²) in [6, 6.07) is 0. The first-order valence-electron chi connectivity index (χ1n) is 10.8. The van der Waals surface area contributed by atoms with E-state index in [1.165, 1.54) is 89.9 Å². The van der Waals surface area contributed by atoms with Gasteiger partial charge in [0.15, 0.2) is 0 Å². The highest BCUT2D eigenvalue weighted by Crippen LogP contribution is 2.40. The zero-order valence-electron chi connectivity index (χ0n) is 16.8. The van der Waals surface area contributed by atoms with Gasteiger partial charge in [-0.1, -0.05) is 105 Å². The fourth-order valence-electron chi connectivity index (χ4n) is 3.98. The van der Waals surface area contributed by atoms with Gasteiger partial charge < -0.3 is 0 Å². The molecule has 0 aromatic carbocycles. The lowest BCUT2D eigenvalue weighted by molar-refractivity contribution is -0.0465. The van der Waals surface area contributed by atoms with Gasteiger partial charge in [-0.2, -0.15) is 0 Å². The van der Waals surface area contributed by atoms with Gasteiger partial charge >= 0.3 is 0 Å². The number of rotatable bonds is 17. The van der Waals surface area contributed by atoms with E-state index in [0.717, 1.165) is 12.8 Å². The normalized spacial score (nSPS) is 13.4. The fourth-order valence-corrected chi connectivity index (χ4v) is 3.98. The van der Waals surface area contributed by atoms with Gasteiger partial charge in [-0.25, -0.2) is 5.11 Å². The standard InChI is InChI=1S/C22H45O/c1-5-9-11-13-15-17-19-22(8-4,21(23)7-3)20-18-16-14-12-10-6-2/h21H,5-20H2,1-4H3. The van der Waals surface area contributed by atoms with Crippen LogP contribution in [0.4, 0.5) is 0 Å². The third-order valence-electron chi connectivity index (χ3n) is 5.81. The SMILES string of the molecule is CCCCCCCCC(CC)(CCCCCCCC)C([O])CC. The molecule has 0 aromatic rings. The van der Waals surface area contributed by atoms with Crippen molar-refractivity contribution in [3.63, 3.8) is 0 Å². The predicted molar refractivity (Wildman–Crippen MR) is 103 cm³/mol. The van der Waals surface area contributed by atoms with E-state index >= 15 is 0 Å². The van der Waals surface area contributed by atoms with Crippen LogP contribution in [0.3, 0.4) is 0 Å². The summed E-state index contributed by atoms with van der Waals surface area (Å²) in [5, 5.41) is 12.7.